The molecule has 0 radical (unpaired) electrons. The highest BCUT2D eigenvalue weighted by Crippen LogP contribution is 2.57. The number of para-hydroxylation sites is 1. The van der Waals surface area contributed by atoms with Crippen LogP contribution in [0.5, 0.6) is 5.75 Å². The van der Waals surface area contributed by atoms with E-state index in [1.165, 1.54) is 0 Å². The topological polar surface area (TPSA) is 96.2 Å². The normalized spacial score (nSPS) is 31.0. The minimum Gasteiger partial charge on any atom is -0.491 e. The van der Waals surface area contributed by atoms with Gasteiger partial charge in [-0.3, -0.25) is 4.79 Å². The Morgan fingerprint density at radius 3 is 2.79 bits per heavy atom. The van der Waals surface area contributed by atoms with E-state index in [2.05, 4.69) is 0 Å². The summed E-state index contributed by atoms with van der Waals surface area (Å²) in [6.07, 6.45) is 5.14. The molecule has 1 aromatic carbocycles. The Hall–Kier alpha value is -1.89. The van der Waals surface area contributed by atoms with Crippen molar-refractivity contribution in [3.63, 3.8) is 0 Å². The van der Waals surface area contributed by atoms with E-state index in [0.29, 0.717) is 25.7 Å². The van der Waals surface area contributed by atoms with Gasteiger partial charge in [0, 0.05) is 19.4 Å². The van der Waals surface area contributed by atoms with Gasteiger partial charge in [0.25, 0.3) is 0 Å². The van der Waals surface area contributed by atoms with Crippen molar-refractivity contribution in [2.75, 3.05) is 13.7 Å². The number of hydrogen-bond acceptors (Lipinski definition) is 5. The lowest BCUT2D eigenvalue weighted by atomic mass is 9.52. The van der Waals surface area contributed by atoms with Crippen LogP contribution in [0.4, 0.5) is 0 Å². The predicted octanol–water partition coefficient (Wildman–Crippen LogP) is 3.17. The van der Waals surface area contributed by atoms with Gasteiger partial charge in [-0.05, 0) is 62.1 Å². The van der Waals surface area contributed by atoms with E-state index in [0.717, 1.165) is 24.2 Å². The van der Waals surface area contributed by atoms with Gasteiger partial charge in [-0.1, -0.05) is 24.3 Å². The van der Waals surface area contributed by atoms with Crippen molar-refractivity contribution in [3.8, 4) is 5.75 Å². The molecule has 2 aliphatic rings. The molecule has 2 saturated carbocycles. The fourth-order valence-corrected chi connectivity index (χ4v) is 4.95. The van der Waals surface area contributed by atoms with Crippen molar-refractivity contribution in [3.05, 3.63) is 42.0 Å². The highest BCUT2D eigenvalue weighted by atomic mass is 16.5. The largest absolute Gasteiger partial charge is 0.491 e. The second-order valence-corrected chi connectivity index (χ2v) is 8.19. The number of allylic oxidation sites excluding steroid dienone is 1. The number of hydrogen-bond donors (Lipinski definition) is 3. The second-order valence-electron chi connectivity index (χ2n) is 8.19. The highest BCUT2D eigenvalue weighted by Gasteiger charge is 2.58. The van der Waals surface area contributed by atoms with Crippen molar-refractivity contribution in [2.45, 2.75) is 62.8 Å². The number of benzene rings is 1. The molecular formula is C23H32O6. The van der Waals surface area contributed by atoms with E-state index in [4.69, 9.17) is 14.6 Å². The Bertz CT molecular complexity index is 703. The number of aliphatic carboxylic acids is 1. The maximum absolute atomic E-state index is 10.8. The van der Waals surface area contributed by atoms with Crippen LogP contribution in [0.1, 0.15) is 44.9 Å². The molecule has 3 N–H and O–H groups in total. The number of fused-ring (bicyclic) bond motifs is 1. The minimum atomic E-state index is -0.798. The molecule has 0 aliphatic heterocycles. The molecule has 0 heterocycles. The Balaban J connectivity index is 1.54. The zero-order valence-electron chi connectivity index (χ0n) is 17.0. The van der Waals surface area contributed by atoms with Gasteiger partial charge in [0.05, 0.1) is 17.8 Å². The first kappa shape index (κ1) is 21.8. The number of carboxylic acids is 1. The van der Waals surface area contributed by atoms with E-state index in [1.54, 1.807) is 7.11 Å². The molecule has 0 saturated heterocycles. The predicted molar refractivity (Wildman–Crippen MR) is 109 cm³/mol. The van der Waals surface area contributed by atoms with E-state index in [-0.39, 0.29) is 30.5 Å². The summed E-state index contributed by atoms with van der Waals surface area (Å²) in [6.45, 7) is 0.229. The van der Waals surface area contributed by atoms with Crippen LogP contribution in [0.25, 0.3) is 0 Å². The molecule has 0 spiro atoms. The molecule has 0 bridgehead atoms. The molecule has 3 rings (SSSR count). The third-order valence-electron chi connectivity index (χ3n) is 6.54. The van der Waals surface area contributed by atoms with Crippen molar-refractivity contribution in [1.29, 1.82) is 0 Å². The van der Waals surface area contributed by atoms with Crippen molar-refractivity contribution < 1.29 is 29.6 Å². The molecule has 160 valence electrons. The molecule has 29 heavy (non-hydrogen) atoms. The van der Waals surface area contributed by atoms with Crippen LogP contribution in [-0.4, -0.2) is 52.8 Å². The van der Waals surface area contributed by atoms with Crippen molar-refractivity contribution >= 4 is 5.97 Å². The Kier molecular flexibility index (Phi) is 7.33. The summed E-state index contributed by atoms with van der Waals surface area (Å²) in [7, 11) is 1.70. The van der Waals surface area contributed by atoms with Crippen molar-refractivity contribution in [1.82, 2.24) is 0 Å². The molecule has 6 nitrogen and oxygen atoms in total. The lowest BCUT2D eigenvalue weighted by Gasteiger charge is -2.58. The lowest BCUT2D eigenvalue weighted by Crippen LogP contribution is -2.59. The van der Waals surface area contributed by atoms with Crippen molar-refractivity contribution in [2.24, 2.45) is 11.8 Å². The number of aliphatic hydroxyl groups is 2. The van der Waals surface area contributed by atoms with Crippen LogP contribution in [0, 0.1) is 11.8 Å². The summed E-state index contributed by atoms with van der Waals surface area (Å²) in [6, 6.07) is 9.41. The van der Waals surface area contributed by atoms with E-state index < -0.39 is 18.2 Å². The van der Waals surface area contributed by atoms with Gasteiger partial charge in [-0.2, -0.15) is 0 Å². The number of carbonyl (C=O) groups is 1. The smallest absolute Gasteiger partial charge is 0.303 e. The SMILES string of the molecule is CO[C@@]12CC[C@H](O)[C@@H](CC[C@@H](O)COc3ccccc3)[C@@H]1C/C2=C/CCC(=O)O. The standard InChI is InChI=1S/C23H32O6/c1-28-23-13-12-21(25)19(20(23)14-16(23)6-5-9-22(26)27)11-10-17(24)15-29-18-7-3-2-4-8-18/h2-4,6-8,17,19-21,24-25H,5,9-15H2,1H3,(H,26,27)/b16-6-/t17-,19+,20+,21+,23-/m1/s1. The van der Waals surface area contributed by atoms with E-state index in [1.807, 2.05) is 36.4 Å². The third-order valence-corrected chi connectivity index (χ3v) is 6.54. The summed E-state index contributed by atoms with van der Waals surface area (Å²) in [5.74, 6) is 0.201. The number of ether oxygens (including phenoxy) is 2. The van der Waals surface area contributed by atoms with Crippen LogP contribution >= 0.6 is 0 Å². The number of rotatable bonds is 10. The monoisotopic (exact) mass is 404 g/mol. The number of methoxy groups -OCH3 is 1. The molecular weight excluding hydrogens is 372 g/mol. The first-order chi connectivity index (χ1) is 14.0. The average Bonchev–Trinajstić information content (AvgIpc) is 2.70. The Labute approximate surface area is 172 Å². The molecule has 2 fully saturated rings. The van der Waals surface area contributed by atoms with Crippen LogP contribution in [0.15, 0.2) is 42.0 Å². The first-order valence-electron chi connectivity index (χ1n) is 10.5. The fourth-order valence-electron chi connectivity index (χ4n) is 4.95. The van der Waals surface area contributed by atoms with Gasteiger partial charge in [0.15, 0.2) is 0 Å². The maximum Gasteiger partial charge on any atom is 0.303 e. The van der Waals surface area contributed by atoms with Gasteiger partial charge in [0.1, 0.15) is 12.4 Å². The zero-order valence-corrected chi connectivity index (χ0v) is 17.0. The Morgan fingerprint density at radius 1 is 1.34 bits per heavy atom. The van der Waals surface area contributed by atoms with Gasteiger partial charge < -0.3 is 24.8 Å². The van der Waals surface area contributed by atoms with Gasteiger partial charge in [-0.15, -0.1) is 0 Å². The molecule has 2 aliphatic carbocycles. The molecule has 1 aromatic rings. The number of carboxylic acid groups (broad SMARTS) is 1. The highest BCUT2D eigenvalue weighted by molar-refractivity contribution is 5.66. The first-order valence-corrected chi connectivity index (χ1v) is 10.5. The zero-order chi connectivity index (χ0) is 20.9. The summed E-state index contributed by atoms with van der Waals surface area (Å²) in [5, 5.41) is 29.8. The second kappa shape index (κ2) is 9.74. The summed E-state index contributed by atoms with van der Waals surface area (Å²) < 4.78 is 11.5. The molecule has 5 atom stereocenters. The summed E-state index contributed by atoms with van der Waals surface area (Å²) >= 11 is 0. The van der Waals surface area contributed by atoms with Gasteiger partial charge in [-0.25, -0.2) is 0 Å². The quantitative estimate of drug-likeness (QED) is 0.519. The van der Waals surface area contributed by atoms with Crippen LogP contribution in [0.2, 0.25) is 0 Å². The average molecular weight is 405 g/mol. The van der Waals surface area contributed by atoms with Crippen LogP contribution in [0.3, 0.4) is 0 Å². The molecule has 0 aromatic heterocycles. The van der Waals surface area contributed by atoms with E-state index >= 15 is 0 Å². The Morgan fingerprint density at radius 2 is 2.10 bits per heavy atom. The molecule has 0 amide bonds. The summed E-state index contributed by atoms with van der Waals surface area (Å²) in [4.78, 5) is 10.8. The minimum absolute atomic E-state index is 0.0618. The van der Waals surface area contributed by atoms with E-state index in [9.17, 15) is 15.0 Å². The summed E-state index contributed by atoms with van der Waals surface area (Å²) in [5.41, 5.74) is 0.782. The number of aliphatic hydroxyl groups excluding tert-OH is 2. The third kappa shape index (κ3) is 5.00. The molecule has 0 unspecified atom stereocenters. The molecule has 6 heteroatoms. The van der Waals surface area contributed by atoms with Gasteiger partial charge in [0.2, 0.25) is 0 Å². The fraction of sp³-hybridized carbons (Fsp3) is 0.609. The maximum atomic E-state index is 10.8. The van der Waals surface area contributed by atoms with Crippen LogP contribution < -0.4 is 4.74 Å². The van der Waals surface area contributed by atoms with Gasteiger partial charge >= 0.3 is 5.97 Å². The lowest BCUT2D eigenvalue weighted by molar-refractivity contribution is -0.154. The van der Waals surface area contributed by atoms with Crippen LogP contribution in [-0.2, 0) is 9.53 Å².